The first-order valence-electron chi connectivity index (χ1n) is 7.61. The van der Waals surface area contributed by atoms with E-state index >= 15 is 0 Å². The maximum Gasteiger partial charge on any atom is 0.0780 e. The summed E-state index contributed by atoms with van der Waals surface area (Å²) >= 11 is 12.5. The number of nitrogens with one attached hydrogen (secondary N) is 1. The molecule has 0 amide bonds. The van der Waals surface area contributed by atoms with E-state index in [9.17, 15) is 0 Å². The minimum atomic E-state index is 0.688. The fourth-order valence-electron chi connectivity index (χ4n) is 2.37. The lowest BCUT2D eigenvalue weighted by Gasteiger charge is -2.21. The van der Waals surface area contributed by atoms with E-state index in [2.05, 4.69) is 12.2 Å². The number of anilines is 2. The van der Waals surface area contributed by atoms with E-state index in [0.717, 1.165) is 35.6 Å². The van der Waals surface area contributed by atoms with Crippen LogP contribution in [0.2, 0.25) is 10.0 Å². The normalized spacial score (nSPS) is 11.4. The zero-order valence-electron chi connectivity index (χ0n) is 13.6. The molecule has 0 heterocycles. The van der Waals surface area contributed by atoms with Crippen LogP contribution in [0.5, 0.6) is 0 Å². The van der Waals surface area contributed by atoms with Gasteiger partial charge in [0.1, 0.15) is 0 Å². The van der Waals surface area contributed by atoms with Gasteiger partial charge in [-0.05, 0) is 43.7 Å². The Morgan fingerprint density at radius 2 is 1.91 bits per heavy atom. The third kappa shape index (κ3) is 4.40. The largest absolute Gasteiger partial charge is 0.388 e. The Balaban J connectivity index is 2.43. The Morgan fingerprint density at radius 3 is 2.57 bits per heavy atom. The zero-order valence-corrected chi connectivity index (χ0v) is 15.1. The summed E-state index contributed by atoms with van der Waals surface area (Å²) in [5.41, 5.74) is 3.76. The van der Waals surface area contributed by atoms with E-state index in [4.69, 9.17) is 28.3 Å². The molecular weight excluding hydrogens is 329 g/mol. The summed E-state index contributed by atoms with van der Waals surface area (Å²) in [4.78, 5) is 0. The number of hydrazone groups is 1. The van der Waals surface area contributed by atoms with Crippen molar-refractivity contribution in [2.24, 2.45) is 5.10 Å². The molecule has 5 heteroatoms. The van der Waals surface area contributed by atoms with Gasteiger partial charge < -0.3 is 5.32 Å². The summed E-state index contributed by atoms with van der Waals surface area (Å²) < 4.78 is 0. The fourth-order valence-corrected chi connectivity index (χ4v) is 2.77. The number of benzene rings is 2. The van der Waals surface area contributed by atoms with Crippen molar-refractivity contribution < 1.29 is 0 Å². The highest BCUT2D eigenvalue weighted by atomic mass is 35.5. The first-order valence-corrected chi connectivity index (χ1v) is 8.37. The topological polar surface area (TPSA) is 27.6 Å². The quantitative estimate of drug-likeness (QED) is 0.536. The SMILES string of the molecule is CCCN(/N=C(/C)c1cc(Cl)ccc1NC)c1ccccc1Cl. The number of nitrogens with zero attached hydrogens (tertiary/aromatic N) is 2. The number of para-hydroxylation sites is 1. The van der Waals surface area contributed by atoms with E-state index in [1.54, 1.807) is 0 Å². The van der Waals surface area contributed by atoms with Gasteiger partial charge in [-0.2, -0.15) is 5.10 Å². The minimum absolute atomic E-state index is 0.688. The number of hydrogen-bond acceptors (Lipinski definition) is 3. The molecule has 23 heavy (non-hydrogen) atoms. The summed E-state index contributed by atoms with van der Waals surface area (Å²) in [5, 5.41) is 11.3. The van der Waals surface area contributed by atoms with E-state index in [0.29, 0.717) is 10.0 Å². The highest BCUT2D eigenvalue weighted by Gasteiger charge is 2.11. The van der Waals surface area contributed by atoms with Crippen LogP contribution in [0.4, 0.5) is 11.4 Å². The van der Waals surface area contributed by atoms with Gasteiger partial charge in [0.05, 0.1) is 16.4 Å². The molecule has 0 atom stereocenters. The molecule has 0 saturated heterocycles. The molecule has 0 aromatic heterocycles. The average Bonchev–Trinajstić information content (AvgIpc) is 2.55. The molecule has 0 bridgehead atoms. The van der Waals surface area contributed by atoms with Gasteiger partial charge in [0, 0.05) is 29.9 Å². The second-order valence-corrected chi connectivity index (χ2v) is 6.04. The summed E-state index contributed by atoms with van der Waals surface area (Å²) in [7, 11) is 1.89. The van der Waals surface area contributed by atoms with Crippen LogP contribution in [0.3, 0.4) is 0 Å². The molecule has 2 aromatic rings. The molecule has 122 valence electrons. The summed E-state index contributed by atoms with van der Waals surface area (Å²) in [5.74, 6) is 0. The van der Waals surface area contributed by atoms with Gasteiger partial charge in [0.2, 0.25) is 0 Å². The van der Waals surface area contributed by atoms with Crippen molar-refractivity contribution in [3.8, 4) is 0 Å². The third-order valence-corrected chi connectivity index (χ3v) is 4.03. The maximum absolute atomic E-state index is 6.32. The van der Waals surface area contributed by atoms with Crippen LogP contribution in [0.1, 0.15) is 25.8 Å². The third-order valence-electron chi connectivity index (χ3n) is 3.48. The fraction of sp³-hybridized carbons (Fsp3) is 0.278. The predicted octanol–water partition coefficient (Wildman–Crippen LogP) is 5.68. The molecule has 0 unspecified atom stereocenters. The monoisotopic (exact) mass is 349 g/mol. The molecule has 0 aliphatic carbocycles. The van der Waals surface area contributed by atoms with Crippen LogP contribution in [-0.4, -0.2) is 19.3 Å². The minimum Gasteiger partial charge on any atom is -0.388 e. The van der Waals surface area contributed by atoms with Crippen molar-refractivity contribution in [2.75, 3.05) is 23.9 Å². The second kappa shape index (κ2) is 8.23. The standard InChI is InChI=1S/C18H21Cl2N3/c1-4-11-23(18-8-6-5-7-16(18)20)22-13(2)15-12-14(19)9-10-17(15)21-3/h5-10,12,21H,4,11H2,1-3H3/b22-13-. The van der Waals surface area contributed by atoms with E-state index in [1.165, 1.54) is 0 Å². The molecule has 1 N–H and O–H groups in total. The van der Waals surface area contributed by atoms with E-state index in [1.807, 2.05) is 61.4 Å². The molecule has 2 rings (SSSR count). The maximum atomic E-state index is 6.32. The van der Waals surface area contributed by atoms with Crippen molar-refractivity contribution in [1.29, 1.82) is 0 Å². The second-order valence-electron chi connectivity index (χ2n) is 5.20. The Bertz CT molecular complexity index is 698. The summed E-state index contributed by atoms with van der Waals surface area (Å²) in [6, 6.07) is 13.5. The molecule has 2 aromatic carbocycles. The Labute approximate surface area is 147 Å². The number of hydrogen-bond donors (Lipinski definition) is 1. The average molecular weight is 350 g/mol. The Morgan fingerprint density at radius 1 is 1.17 bits per heavy atom. The molecule has 0 aliphatic heterocycles. The lowest BCUT2D eigenvalue weighted by molar-refractivity contribution is 0.806. The van der Waals surface area contributed by atoms with Gasteiger partial charge >= 0.3 is 0 Å². The molecule has 0 radical (unpaired) electrons. The summed E-state index contributed by atoms with van der Waals surface area (Å²) in [6.45, 7) is 4.88. The van der Waals surface area contributed by atoms with E-state index in [-0.39, 0.29) is 0 Å². The zero-order chi connectivity index (χ0) is 16.8. The van der Waals surface area contributed by atoms with Crippen LogP contribution in [0, 0.1) is 0 Å². The molecule has 0 saturated carbocycles. The Kier molecular flexibility index (Phi) is 6.31. The van der Waals surface area contributed by atoms with Gasteiger partial charge in [-0.15, -0.1) is 0 Å². The van der Waals surface area contributed by atoms with Gasteiger partial charge in [-0.25, -0.2) is 0 Å². The van der Waals surface area contributed by atoms with Crippen molar-refractivity contribution >= 4 is 40.3 Å². The van der Waals surface area contributed by atoms with Gasteiger partial charge in [-0.3, -0.25) is 5.01 Å². The highest BCUT2D eigenvalue weighted by Crippen LogP contribution is 2.27. The number of halogens is 2. The van der Waals surface area contributed by atoms with Crippen LogP contribution in [-0.2, 0) is 0 Å². The number of rotatable bonds is 6. The van der Waals surface area contributed by atoms with Gasteiger partial charge in [0.15, 0.2) is 0 Å². The molecule has 3 nitrogen and oxygen atoms in total. The molecule has 0 spiro atoms. The predicted molar refractivity (Wildman–Crippen MR) is 102 cm³/mol. The lowest BCUT2D eigenvalue weighted by Crippen LogP contribution is -2.20. The highest BCUT2D eigenvalue weighted by molar-refractivity contribution is 6.33. The smallest absolute Gasteiger partial charge is 0.0780 e. The van der Waals surface area contributed by atoms with Gasteiger partial charge in [-0.1, -0.05) is 42.3 Å². The Hall–Kier alpha value is -1.71. The van der Waals surface area contributed by atoms with Crippen molar-refractivity contribution in [1.82, 2.24) is 0 Å². The van der Waals surface area contributed by atoms with Crippen LogP contribution in [0.25, 0.3) is 0 Å². The van der Waals surface area contributed by atoms with Crippen LogP contribution in [0.15, 0.2) is 47.6 Å². The summed E-state index contributed by atoms with van der Waals surface area (Å²) in [6.07, 6.45) is 0.969. The van der Waals surface area contributed by atoms with Gasteiger partial charge in [0.25, 0.3) is 0 Å². The van der Waals surface area contributed by atoms with Crippen LogP contribution < -0.4 is 10.3 Å². The molecule has 0 aliphatic rings. The van der Waals surface area contributed by atoms with Crippen molar-refractivity contribution in [2.45, 2.75) is 20.3 Å². The van der Waals surface area contributed by atoms with Crippen molar-refractivity contribution in [3.63, 3.8) is 0 Å². The van der Waals surface area contributed by atoms with E-state index < -0.39 is 0 Å². The van der Waals surface area contributed by atoms with Crippen LogP contribution >= 0.6 is 23.2 Å². The molecule has 0 fully saturated rings. The lowest BCUT2D eigenvalue weighted by atomic mass is 10.1. The first-order chi connectivity index (χ1) is 11.1. The van der Waals surface area contributed by atoms with Crippen molar-refractivity contribution in [3.05, 3.63) is 58.1 Å². The first kappa shape index (κ1) is 17.6. The molecular formula is C18H21Cl2N3.